The molecule has 6 heteroatoms. The number of hydrogen-bond donors (Lipinski definition) is 1. The van der Waals surface area contributed by atoms with Gasteiger partial charge in [-0.15, -0.1) is 0 Å². The van der Waals surface area contributed by atoms with Crippen molar-refractivity contribution in [2.24, 2.45) is 0 Å². The summed E-state index contributed by atoms with van der Waals surface area (Å²) < 4.78 is 5.20. The molecule has 0 aliphatic carbocycles. The zero-order valence-corrected chi connectivity index (χ0v) is 18.2. The van der Waals surface area contributed by atoms with E-state index in [1.165, 1.54) is 0 Å². The lowest BCUT2D eigenvalue weighted by molar-refractivity contribution is -0.140. The van der Waals surface area contributed by atoms with E-state index in [0.717, 1.165) is 23.3 Å². The van der Waals surface area contributed by atoms with Crippen molar-refractivity contribution in [1.82, 2.24) is 10.2 Å². The number of carbonyl (C=O) groups is 2. The van der Waals surface area contributed by atoms with E-state index in [2.05, 4.69) is 5.32 Å². The summed E-state index contributed by atoms with van der Waals surface area (Å²) in [5.41, 5.74) is 1.66. The normalized spacial score (nSPS) is 12.7. The molecule has 0 saturated carbocycles. The van der Waals surface area contributed by atoms with Crippen LogP contribution in [0.3, 0.4) is 0 Å². The molecular weight excluding hydrogens is 388 g/mol. The first-order chi connectivity index (χ1) is 13.8. The van der Waals surface area contributed by atoms with Crippen molar-refractivity contribution in [1.29, 1.82) is 0 Å². The van der Waals surface area contributed by atoms with E-state index < -0.39 is 6.04 Å². The third-order valence-electron chi connectivity index (χ3n) is 4.98. The van der Waals surface area contributed by atoms with Gasteiger partial charge >= 0.3 is 0 Å². The summed E-state index contributed by atoms with van der Waals surface area (Å²) >= 11 is 6.23. The van der Waals surface area contributed by atoms with Gasteiger partial charge in [-0.1, -0.05) is 48.9 Å². The Morgan fingerprint density at radius 1 is 1.10 bits per heavy atom. The van der Waals surface area contributed by atoms with Crippen LogP contribution >= 0.6 is 11.6 Å². The van der Waals surface area contributed by atoms with Gasteiger partial charge in [0.2, 0.25) is 11.8 Å². The molecule has 0 heterocycles. The number of halogens is 1. The molecule has 0 aliphatic rings. The van der Waals surface area contributed by atoms with E-state index >= 15 is 0 Å². The minimum absolute atomic E-state index is 0.0476. The molecule has 2 rings (SSSR count). The van der Waals surface area contributed by atoms with Crippen molar-refractivity contribution < 1.29 is 14.3 Å². The number of methoxy groups -OCH3 is 1. The quantitative estimate of drug-likeness (QED) is 0.665. The Labute approximate surface area is 178 Å². The number of benzene rings is 2. The summed E-state index contributed by atoms with van der Waals surface area (Å²) in [6.45, 7) is 6.03. The molecule has 2 aromatic rings. The van der Waals surface area contributed by atoms with Crippen molar-refractivity contribution >= 4 is 23.4 Å². The van der Waals surface area contributed by atoms with Crippen LogP contribution in [0.1, 0.15) is 38.3 Å². The van der Waals surface area contributed by atoms with Crippen molar-refractivity contribution in [3.8, 4) is 5.75 Å². The summed E-state index contributed by atoms with van der Waals surface area (Å²) in [5, 5.41) is 3.51. The zero-order chi connectivity index (χ0) is 21.4. The first kappa shape index (κ1) is 22.8. The number of ether oxygens (including phenoxy) is 1. The Kier molecular flexibility index (Phi) is 8.52. The molecule has 2 atom stereocenters. The van der Waals surface area contributed by atoms with Gasteiger partial charge in [-0.05, 0) is 49.6 Å². The molecule has 156 valence electrons. The SMILES string of the molecule is CC[C@@H](C)NC(=O)[C@H](C)N(Cc1ccc(OC)cc1)C(=O)Cc1ccccc1Cl. The highest BCUT2D eigenvalue weighted by atomic mass is 35.5. The fraction of sp³-hybridized carbons (Fsp3) is 0.391. The maximum atomic E-state index is 13.2. The molecule has 5 nitrogen and oxygen atoms in total. The van der Waals surface area contributed by atoms with Gasteiger partial charge in [0.25, 0.3) is 0 Å². The topological polar surface area (TPSA) is 58.6 Å². The summed E-state index contributed by atoms with van der Waals surface area (Å²) in [4.78, 5) is 27.5. The Hall–Kier alpha value is -2.53. The van der Waals surface area contributed by atoms with E-state index in [1.54, 1.807) is 25.0 Å². The third kappa shape index (κ3) is 6.50. The molecule has 0 spiro atoms. The lowest BCUT2D eigenvalue weighted by Gasteiger charge is -2.30. The van der Waals surface area contributed by atoms with Gasteiger partial charge < -0.3 is 15.0 Å². The van der Waals surface area contributed by atoms with Crippen molar-refractivity contribution in [2.75, 3.05) is 7.11 Å². The van der Waals surface area contributed by atoms with Crippen LogP contribution in [0.2, 0.25) is 5.02 Å². The summed E-state index contributed by atoms with van der Waals surface area (Å²) in [7, 11) is 1.61. The fourth-order valence-corrected chi connectivity index (χ4v) is 3.08. The van der Waals surface area contributed by atoms with Crippen LogP contribution in [0.25, 0.3) is 0 Å². The van der Waals surface area contributed by atoms with Crippen molar-refractivity contribution in [2.45, 2.75) is 52.2 Å². The van der Waals surface area contributed by atoms with Crippen LogP contribution < -0.4 is 10.1 Å². The van der Waals surface area contributed by atoms with Gasteiger partial charge in [-0.3, -0.25) is 9.59 Å². The predicted octanol–water partition coefficient (Wildman–Crippen LogP) is 4.22. The molecule has 0 saturated heterocycles. The van der Waals surface area contributed by atoms with E-state index in [9.17, 15) is 9.59 Å². The van der Waals surface area contributed by atoms with Crippen LogP contribution in [-0.2, 0) is 22.6 Å². The first-order valence-electron chi connectivity index (χ1n) is 9.81. The van der Waals surface area contributed by atoms with Gasteiger partial charge in [0.05, 0.1) is 13.5 Å². The lowest BCUT2D eigenvalue weighted by Crippen LogP contribution is -2.49. The van der Waals surface area contributed by atoms with Gasteiger partial charge in [0.15, 0.2) is 0 Å². The van der Waals surface area contributed by atoms with E-state index in [0.29, 0.717) is 11.6 Å². The van der Waals surface area contributed by atoms with E-state index in [1.807, 2.05) is 56.3 Å². The second-order valence-electron chi connectivity index (χ2n) is 7.13. The summed E-state index contributed by atoms with van der Waals surface area (Å²) in [6.07, 6.45) is 0.960. The van der Waals surface area contributed by atoms with E-state index in [-0.39, 0.29) is 24.3 Å². The Morgan fingerprint density at radius 3 is 2.34 bits per heavy atom. The molecular formula is C23H29ClN2O3. The smallest absolute Gasteiger partial charge is 0.242 e. The monoisotopic (exact) mass is 416 g/mol. The highest BCUT2D eigenvalue weighted by Crippen LogP contribution is 2.19. The first-order valence-corrected chi connectivity index (χ1v) is 10.2. The number of carbonyl (C=O) groups excluding carboxylic acids is 2. The minimum Gasteiger partial charge on any atom is -0.497 e. The van der Waals surface area contributed by atoms with Crippen LogP contribution in [0.5, 0.6) is 5.75 Å². The third-order valence-corrected chi connectivity index (χ3v) is 5.35. The van der Waals surface area contributed by atoms with Crippen LogP contribution in [0.15, 0.2) is 48.5 Å². The Bertz CT molecular complexity index is 823. The van der Waals surface area contributed by atoms with Crippen LogP contribution in [0, 0.1) is 0 Å². The highest BCUT2D eigenvalue weighted by molar-refractivity contribution is 6.31. The van der Waals surface area contributed by atoms with Gasteiger partial charge in [-0.2, -0.15) is 0 Å². The second-order valence-corrected chi connectivity index (χ2v) is 7.54. The average molecular weight is 417 g/mol. The van der Waals surface area contributed by atoms with E-state index in [4.69, 9.17) is 16.3 Å². The second kappa shape index (κ2) is 10.9. The van der Waals surface area contributed by atoms with Crippen LogP contribution in [-0.4, -0.2) is 35.9 Å². The maximum absolute atomic E-state index is 13.2. The van der Waals surface area contributed by atoms with Crippen LogP contribution in [0.4, 0.5) is 0 Å². The van der Waals surface area contributed by atoms with Gasteiger partial charge in [-0.25, -0.2) is 0 Å². The van der Waals surface area contributed by atoms with Gasteiger partial charge in [0.1, 0.15) is 11.8 Å². The number of nitrogens with zero attached hydrogens (tertiary/aromatic N) is 1. The summed E-state index contributed by atoms with van der Waals surface area (Å²) in [6, 6.07) is 14.2. The van der Waals surface area contributed by atoms with Crippen molar-refractivity contribution in [3.63, 3.8) is 0 Å². The molecule has 0 radical (unpaired) electrons. The Balaban J connectivity index is 2.24. The Morgan fingerprint density at radius 2 is 1.76 bits per heavy atom. The van der Waals surface area contributed by atoms with Crippen molar-refractivity contribution in [3.05, 3.63) is 64.7 Å². The predicted molar refractivity (Wildman–Crippen MR) is 116 cm³/mol. The highest BCUT2D eigenvalue weighted by Gasteiger charge is 2.27. The van der Waals surface area contributed by atoms with Gasteiger partial charge in [0, 0.05) is 17.6 Å². The lowest BCUT2D eigenvalue weighted by atomic mass is 10.1. The molecule has 2 aromatic carbocycles. The maximum Gasteiger partial charge on any atom is 0.242 e. The average Bonchev–Trinajstić information content (AvgIpc) is 2.73. The number of rotatable bonds is 9. The molecule has 0 bridgehead atoms. The molecule has 0 unspecified atom stereocenters. The molecule has 0 fully saturated rings. The largest absolute Gasteiger partial charge is 0.497 e. The summed E-state index contributed by atoms with van der Waals surface area (Å²) in [5.74, 6) is 0.423. The standard InChI is InChI=1S/C23H29ClN2O3/c1-5-16(2)25-23(28)17(3)26(15-18-10-12-20(29-4)13-11-18)22(27)14-19-8-6-7-9-21(19)24/h6-13,16-17H,5,14-15H2,1-4H3,(H,25,28)/t16-,17+/m1/s1. The molecule has 0 aliphatic heterocycles. The molecule has 2 amide bonds. The number of amides is 2. The minimum atomic E-state index is -0.610. The molecule has 0 aromatic heterocycles. The molecule has 1 N–H and O–H groups in total. The zero-order valence-electron chi connectivity index (χ0n) is 17.4. The molecule has 29 heavy (non-hydrogen) atoms. The fourth-order valence-electron chi connectivity index (χ4n) is 2.88. The number of nitrogens with one attached hydrogen (secondary N) is 1. The number of hydrogen-bond acceptors (Lipinski definition) is 3.